The molecule has 0 spiro atoms. The molecule has 3 aromatic heterocycles. The van der Waals surface area contributed by atoms with Crippen LogP contribution in [0, 0.1) is 13.8 Å². The van der Waals surface area contributed by atoms with Crippen LogP contribution < -0.4 is 5.56 Å². The fourth-order valence-electron chi connectivity index (χ4n) is 2.29. The summed E-state index contributed by atoms with van der Waals surface area (Å²) in [4.78, 5) is 23.4. The van der Waals surface area contributed by atoms with Crippen molar-refractivity contribution in [2.24, 2.45) is 7.05 Å². The highest BCUT2D eigenvalue weighted by molar-refractivity contribution is 7.98. The van der Waals surface area contributed by atoms with Crippen molar-refractivity contribution in [3.63, 3.8) is 0 Å². The number of hydrogen-bond donors (Lipinski definition) is 0. The molecule has 0 aliphatic carbocycles. The standard InChI is InChI=1S/C15H18N4O2S2/c1-5-6-10-16-11(21-18-10)7-22-15-17-13-12(14(20)19(15)4)8(2)9(3)23-13/h5-7H2,1-4H3. The molecular weight excluding hydrogens is 332 g/mol. The maximum Gasteiger partial charge on any atom is 0.262 e. The van der Waals surface area contributed by atoms with E-state index in [1.165, 1.54) is 11.8 Å². The van der Waals surface area contributed by atoms with Gasteiger partial charge < -0.3 is 4.52 Å². The molecule has 0 saturated heterocycles. The van der Waals surface area contributed by atoms with Crippen LogP contribution in [0.25, 0.3) is 10.2 Å². The lowest BCUT2D eigenvalue weighted by Crippen LogP contribution is -2.19. The molecule has 0 N–H and O–H groups in total. The molecule has 0 fully saturated rings. The van der Waals surface area contributed by atoms with Crippen molar-refractivity contribution in [1.82, 2.24) is 19.7 Å². The first-order chi connectivity index (χ1) is 11.0. The van der Waals surface area contributed by atoms with Gasteiger partial charge in [-0.15, -0.1) is 11.3 Å². The molecule has 0 atom stereocenters. The number of thiophene rings is 1. The summed E-state index contributed by atoms with van der Waals surface area (Å²) in [7, 11) is 1.75. The van der Waals surface area contributed by atoms with E-state index in [0.717, 1.165) is 39.3 Å². The van der Waals surface area contributed by atoms with E-state index < -0.39 is 0 Å². The van der Waals surface area contributed by atoms with E-state index >= 15 is 0 Å². The van der Waals surface area contributed by atoms with Crippen molar-refractivity contribution in [3.8, 4) is 0 Å². The first kappa shape index (κ1) is 16.2. The Labute approximate surface area is 141 Å². The van der Waals surface area contributed by atoms with Crippen molar-refractivity contribution in [3.05, 3.63) is 32.5 Å². The number of thioether (sulfide) groups is 1. The molecule has 3 aromatic rings. The van der Waals surface area contributed by atoms with Gasteiger partial charge in [0.25, 0.3) is 5.56 Å². The van der Waals surface area contributed by atoms with Gasteiger partial charge in [0.15, 0.2) is 11.0 Å². The first-order valence-electron chi connectivity index (χ1n) is 7.42. The maximum atomic E-state index is 12.5. The average Bonchev–Trinajstić information content (AvgIpc) is 3.07. The lowest BCUT2D eigenvalue weighted by Gasteiger charge is -2.05. The minimum atomic E-state index is -0.00319. The number of hydrogen-bond acceptors (Lipinski definition) is 7. The van der Waals surface area contributed by atoms with Crippen LogP contribution in [0.5, 0.6) is 0 Å². The Morgan fingerprint density at radius 3 is 2.83 bits per heavy atom. The minimum Gasteiger partial charge on any atom is -0.338 e. The van der Waals surface area contributed by atoms with Gasteiger partial charge in [-0.3, -0.25) is 9.36 Å². The predicted octanol–water partition coefficient (Wildman–Crippen LogP) is 3.24. The van der Waals surface area contributed by atoms with E-state index in [1.807, 2.05) is 13.8 Å². The van der Waals surface area contributed by atoms with E-state index in [2.05, 4.69) is 22.0 Å². The van der Waals surface area contributed by atoms with Gasteiger partial charge in [0.1, 0.15) is 4.83 Å². The van der Waals surface area contributed by atoms with Gasteiger partial charge in [-0.2, -0.15) is 4.98 Å². The summed E-state index contributed by atoms with van der Waals surface area (Å²) < 4.78 is 6.82. The van der Waals surface area contributed by atoms with Gasteiger partial charge in [-0.25, -0.2) is 4.98 Å². The molecule has 0 unspecified atom stereocenters. The van der Waals surface area contributed by atoms with E-state index in [4.69, 9.17) is 4.52 Å². The highest BCUT2D eigenvalue weighted by atomic mass is 32.2. The molecule has 3 heterocycles. The Kier molecular flexibility index (Phi) is 4.54. The van der Waals surface area contributed by atoms with Crippen molar-refractivity contribution >= 4 is 33.3 Å². The molecule has 0 aliphatic rings. The summed E-state index contributed by atoms with van der Waals surface area (Å²) in [6.07, 6.45) is 1.79. The summed E-state index contributed by atoms with van der Waals surface area (Å²) in [6.45, 7) is 6.06. The molecule has 0 aromatic carbocycles. The number of aryl methyl sites for hydroxylation is 3. The Bertz CT molecular complexity index is 910. The normalized spacial score (nSPS) is 11.5. The quantitative estimate of drug-likeness (QED) is 0.519. The lowest BCUT2D eigenvalue weighted by molar-refractivity contribution is 0.384. The maximum absolute atomic E-state index is 12.5. The van der Waals surface area contributed by atoms with Crippen LogP contribution in [0.15, 0.2) is 14.5 Å². The monoisotopic (exact) mass is 350 g/mol. The average molecular weight is 350 g/mol. The molecule has 6 nitrogen and oxygen atoms in total. The molecule has 122 valence electrons. The Morgan fingerprint density at radius 1 is 1.30 bits per heavy atom. The molecule has 23 heavy (non-hydrogen) atoms. The molecular formula is C15H18N4O2S2. The van der Waals surface area contributed by atoms with Crippen LogP contribution in [0.1, 0.15) is 35.5 Å². The van der Waals surface area contributed by atoms with Crippen LogP contribution in [-0.4, -0.2) is 19.7 Å². The highest BCUT2D eigenvalue weighted by Crippen LogP contribution is 2.28. The summed E-state index contributed by atoms with van der Waals surface area (Å²) in [5, 5.41) is 5.33. The number of aromatic nitrogens is 4. The zero-order valence-corrected chi connectivity index (χ0v) is 15.2. The summed E-state index contributed by atoms with van der Waals surface area (Å²) in [5.74, 6) is 1.79. The SMILES string of the molecule is CCCc1noc(CSc2nc3sc(C)c(C)c3c(=O)n2C)n1. The Morgan fingerprint density at radius 2 is 2.09 bits per heavy atom. The van der Waals surface area contributed by atoms with Crippen molar-refractivity contribution < 1.29 is 4.52 Å². The smallest absolute Gasteiger partial charge is 0.262 e. The predicted molar refractivity (Wildman–Crippen MR) is 92.2 cm³/mol. The fourth-order valence-corrected chi connectivity index (χ4v) is 4.17. The Hall–Kier alpha value is -1.67. The second kappa shape index (κ2) is 6.45. The zero-order chi connectivity index (χ0) is 16.6. The van der Waals surface area contributed by atoms with Gasteiger partial charge in [-0.05, 0) is 25.8 Å². The third-order valence-electron chi connectivity index (χ3n) is 3.68. The van der Waals surface area contributed by atoms with E-state index in [-0.39, 0.29) is 5.56 Å². The summed E-state index contributed by atoms with van der Waals surface area (Å²) in [5.41, 5.74) is 1.02. The van der Waals surface area contributed by atoms with Gasteiger partial charge >= 0.3 is 0 Å². The van der Waals surface area contributed by atoms with Gasteiger partial charge in [0.05, 0.1) is 11.1 Å². The van der Waals surface area contributed by atoms with Crippen molar-refractivity contribution in [1.29, 1.82) is 0 Å². The largest absolute Gasteiger partial charge is 0.338 e. The second-order valence-electron chi connectivity index (χ2n) is 5.36. The molecule has 0 aliphatic heterocycles. The zero-order valence-electron chi connectivity index (χ0n) is 13.5. The first-order valence-corrected chi connectivity index (χ1v) is 9.22. The second-order valence-corrected chi connectivity index (χ2v) is 7.51. The third-order valence-corrected chi connectivity index (χ3v) is 5.79. The summed E-state index contributed by atoms with van der Waals surface area (Å²) in [6, 6.07) is 0. The minimum absolute atomic E-state index is 0.00319. The molecule has 8 heteroatoms. The topological polar surface area (TPSA) is 73.8 Å². The number of nitrogens with zero attached hydrogens (tertiary/aromatic N) is 4. The van der Waals surface area contributed by atoms with Gasteiger partial charge in [0.2, 0.25) is 5.89 Å². The highest BCUT2D eigenvalue weighted by Gasteiger charge is 2.16. The van der Waals surface area contributed by atoms with Crippen LogP contribution in [0.3, 0.4) is 0 Å². The molecule has 0 saturated carbocycles. The van der Waals surface area contributed by atoms with Crippen LogP contribution >= 0.6 is 23.1 Å². The van der Waals surface area contributed by atoms with Crippen LogP contribution in [0.2, 0.25) is 0 Å². The van der Waals surface area contributed by atoms with Crippen molar-refractivity contribution in [2.45, 2.75) is 44.5 Å². The summed E-state index contributed by atoms with van der Waals surface area (Å²) >= 11 is 3.00. The fraction of sp³-hybridized carbons (Fsp3) is 0.467. The Balaban J connectivity index is 1.88. The molecule has 0 radical (unpaired) electrons. The van der Waals surface area contributed by atoms with E-state index in [9.17, 15) is 4.79 Å². The molecule has 3 rings (SSSR count). The van der Waals surface area contributed by atoms with Crippen LogP contribution in [-0.2, 0) is 19.2 Å². The van der Waals surface area contributed by atoms with E-state index in [0.29, 0.717) is 16.8 Å². The number of rotatable bonds is 5. The molecule has 0 bridgehead atoms. The van der Waals surface area contributed by atoms with Gasteiger partial charge in [-0.1, -0.05) is 23.8 Å². The van der Waals surface area contributed by atoms with Crippen molar-refractivity contribution in [2.75, 3.05) is 0 Å². The third kappa shape index (κ3) is 3.05. The molecule has 0 amide bonds. The number of fused-ring (bicyclic) bond motifs is 1. The van der Waals surface area contributed by atoms with Gasteiger partial charge in [0, 0.05) is 18.3 Å². The lowest BCUT2D eigenvalue weighted by atomic mass is 10.2. The van der Waals surface area contributed by atoms with Crippen LogP contribution in [0.4, 0.5) is 0 Å². The van der Waals surface area contributed by atoms with E-state index in [1.54, 1.807) is 23.0 Å².